The fourth-order valence-electron chi connectivity index (χ4n) is 4.54. The molecule has 1 N–H and O–H groups in total. The Balaban J connectivity index is 1.33. The third-order valence-corrected chi connectivity index (χ3v) is 8.62. The number of rotatable bonds is 7. The molecule has 5 aromatic rings. The topological polar surface area (TPSA) is 125 Å². The molecule has 12 heteroatoms. The molecule has 5 heterocycles. The zero-order chi connectivity index (χ0) is 25.9. The van der Waals surface area contributed by atoms with Gasteiger partial charge >= 0.3 is 0 Å². The third kappa shape index (κ3) is 4.06. The van der Waals surface area contributed by atoms with Gasteiger partial charge in [-0.2, -0.15) is 14.3 Å². The van der Waals surface area contributed by atoms with E-state index in [0.29, 0.717) is 35.9 Å². The molecule has 1 saturated carbocycles. The summed E-state index contributed by atoms with van der Waals surface area (Å²) in [5.41, 5.74) is 4.83. The predicted molar refractivity (Wildman–Crippen MR) is 141 cm³/mol. The zero-order valence-electron chi connectivity index (χ0n) is 21.0. The van der Waals surface area contributed by atoms with Crippen molar-refractivity contribution in [2.24, 2.45) is 7.05 Å². The molecule has 0 aromatic carbocycles. The smallest absolute Gasteiger partial charge is 0.256 e. The van der Waals surface area contributed by atoms with Gasteiger partial charge in [0, 0.05) is 48.7 Å². The molecule has 0 aliphatic heterocycles. The van der Waals surface area contributed by atoms with E-state index in [1.165, 1.54) is 12.4 Å². The molecule has 1 fully saturated rings. The van der Waals surface area contributed by atoms with Crippen molar-refractivity contribution in [2.45, 2.75) is 44.9 Å². The number of hydrogen-bond acceptors (Lipinski definition) is 8. The highest BCUT2D eigenvalue weighted by molar-refractivity contribution is 7.90. The Hall–Kier alpha value is -4.06. The van der Waals surface area contributed by atoms with E-state index >= 15 is 0 Å². The highest BCUT2D eigenvalue weighted by Gasteiger charge is 2.37. The summed E-state index contributed by atoms with van der Waals surface area (Å²) in [4.78, 5) is 13.5. The minimum Gasteiger partial charge on any atom is -0.344 e. The van der Waals surface area contributed by atoms with Crippen LogP contribution >= 0.6 is 0 Å². The lowest BCUT2D eigenvalue weighted by molar-refractivity contribution is 0.578. The minimum atomic E-state index is -3.45. The number of anilines is 2. The van der Waals surface area contributed by atoms with E-state index in [-0.39, 0.29) is 11.3 Å². The van der Waals surface area contributed by atoms with E-state index in [0.717, 1.165) is 31.8 Å². The van der Waals surface area contributed by atoms with E-state index in [1.807, 2.05) is 30.2 Å². The lowest BCUT2D eigenvalue weighted by atomic mass is 10.1. The van der Waals surface area contributed by atoms with Crippen molar-refractivity contribution >= 4 is 32.6 Å². The Morgan fingerprint density at radius 2 is 1.86 bits per heavy atom. The van der Waals surface area contributed by atoms with Crippen LogP contribution in [0, 0.1) is 6.92 Å². The first kappa shape index (κ1) is 23.3. The summed E-state index contributed by atoms with van der Waals surface area (Å²) in [6.07, 6.45) is 11.8. The second-order valence-electron chi connectivity index (χ2n) is 9.67. The molecule has 1 aliphatic carbocycles. The number of pyridine rings is 1. The number of hydrogen-bond donors (Lipinski definition) is 1. The Labute approximate surface area is 214 Å². The number of aromatic nitrogens is 8. The van der Waals surface area contributed by atoms with E-state index in [1.54, 1.807) is 12.3 Å². The van der Waals surface area contributed by atoms with Gasteiger partial charge in [-0.1, -0.05) is 0 Å². The highest BCUT2D eigenvalue weighted by atomic mass is 32.2. The van der Waals surface area contributed by atoms with Crippen molar-refractivity contribution in [1.29, 1.82) is 0 Å². The first-order valence-electron chi connectivity index (χ1n) is 12.1. The third-order valence-electron chi connectivity index (χ3n) is 6.59. The molecule has 0 unspecified atom stereocenters. The molecular formula is C25H27N9O2S. The Morgan fingerprint density at radius 3 is 2.57 bits per heavy atom. The van der Waals surface area contributed by atoms with Crippen molar-refractivity contribution in [3.63, 3.8) is 0 Å². The molecule has 6 rings (SSSR count). The van der Waals surface area contributed by atoms with E-state index in [4.69, 9.17) is 0 Å². The van der Waals surface area contributed by atoms with Crippen LogP contribution in [0.4, 0.5) is 11.6 Å². The summed E-state index contributed by atoms with van der Waals surface area (Å²) in [6.45, 7) is 6.35. The quantitative estimate of drug-likeness (QED) is 0.343. The van der Waals surface area contributed by atoms with Crippen molar-refractivity contribution < 1.29 is 8.42 Å². The predicted octanol–water partition coefficient (Wildman–Crippen LogP) is 4.06. The van der Waals surface area contributed by atoms with Crippen molar-refractivity contribution in [3.05, 3.63) is 54.9 Å². The van der Waals surface area contributed by atoms with E-state index in [9.17, 15) is 8.42 Å². The summed E-state index contributed by atoms with van der Waals surface area (Å²) >= 11 is 0. The van der Waals surface area contributed by atoms with Crippen LogP contribution in [0.5, 0.6) is 0 Å². The van der Waals surface area contributed by atoms with Crippen LogP contribution in [0.3, 0.4) is 0 Å². The van der Waals surface area contributed by atoms with Crippen LogP contribution < -0.4 is 5.32 Å². The van der Waals surface area contributed by atoms with Gasteiger partial charge in [0.05, 0.1) is 40.6 Å². The SMILES string of the molecule is Cc1cnn(C)c1-c1cn(C(C)C)c2cc(Nc3ccnc(-c4cnn(S(=O)(=O)C5CC5)c4)n3)ncc12. The van der Waals surface area contributed by atoms with Crippen LogP contribution in [0.15, 0.2) is 49.3 Å². The molecule has 11 nitrogen and oxygen atoms in total. The fraction of sp³-hybridized carbons (Fsp3) is 0.320. The Kier molecular flexibility index (Phi) is 5.37. The maximum atomic E-state index is 12.5. The maximum absolute atomic E-state index is 12.5. The lowest BCUT2D eigenvalue weighted by Crippen LogP contribution is -2.17. The second kappa shape index (κ2) is 8.51. The Bertz CT molecular complexity index is 1720. The number of nitrogens with one attached hydrogen (secondary N) is 1. The number of aryl methyl sites for hydroxylation is 2. The molecule has 0 amide bonds. The molecule has 1 aliphatic rings. The van der Waals surface area contributed by atoms with E-state index < -0.39 is 10.0 Å². The zero-order valence-corrected chi connectivity index (χ0v) is 21.8. The standard InChI is InChI=1S/C25H27N9O2S/c1-15(2)33-14-20(24-16(3)10-28-32(24)4)19-12-27-23(9-21(19)33)30-22-7-8-26-25(31-22)17-11-29-34(13-17)37(35,36)18-5-6-18/h7-15,18H,5-6H2,1-4H3,(H,26,27,30,31). The van der Waals surface area contributed by atoms with Crippen LogP contribution in [-0.2, 0) is 17.1 Å². The van der Waals surface area contributed by atoms with Crippen molar-refractivity contribution in [2.75, 3.05) is 5.32 Å². The first-order chi connectivity index (χ1) is 17.7. The molecule has 0 saturated heterocycles. The molecular weight excluding hydrogens is 490 g/mol. The minimum absolute atomic E-state index is 0.245. The second-order valence-corrected chi connectivity index (χ2v) is 11.7. The average Bonchev–Trinajstić information content (AvgIpc) is 3.37. The van der Waals surface area contributed by atoms with Gasteiger partial charge in [-0.15, -0.1) is 0 Å². The van der Waals surface area contributed by atoms with Gasteiger partial charge in [-0.05, 0) is 45.2 Å². The summed E-state index contributed by atoms with van der Waals surface area (Å²) in [7, 11) is -1.50. The highest BCUT2D eigenvalue weighted by Crippen LogP contribution is 2.35. The number of nitrogens with zero attached hydrogens (tertiary/aromatic N) is 8. The van der Waals surface area contributed by atoms with Crippen molar-refractivity contribution in [1.82, 2.24) is 38.5 Å². The lowest BCUT2D eigenvalue weighted by Gasteiger charge is -2.10. The monoisotopic (exact) mass is 517 g/mol. The van der Waals surface area contributed by atoms with Gasteiger partial charge in [0.25, 0.3) is 10.0 Å². The molecule has 0 radical (unpaired) electrons. The number of fused-ring (bicyclic) bond motifs is 1. The summed E-state index contributed by atoms with van der Waals surface area (Å²) in [5, 5.41) is 12.4. The van der Waals surface area contributed by atoms with Gasteiger partial charge < -0.3 is 9.88 Å². The molecule has 190 valence electrons. The van der Waals surface area contributed by atoms with Gasteiger partial charge in [0.2, 0.25) is 0 Å². The maximum Gasteiger partial charge on any atom is 0.256 e. The fourth-order valence-corrected chi connectivity index (χ4v) is 6.02. The molecule has 0 bridgehead atoms. The van der Waals surface area contributed by atoms with Crippen LogP contribution in [0.1, 0.15) is 38.3 Å². The largest absolute Gasteiger partial charge is 0.344 e. The molecule has 0 spiro atoms. The van der Waals surface area contributed by atoms with Gasteiger partial charge in [0.1, 0.15) is 11.6 Å². The first-order valence-corrected chi connectivity index (χ1v) is 13.6. The van der Waals surface area contributed by atoms with Gasteiger partial charge in [-0.3, -0.25) is 4.68 Å². The molecule has 37 heavy (non-hydrogen) atoms. The Morgan fingerprint density at radius 1 is 1.05 bits per heavy atom. The summed E-state index contributed by atoms with van der Waals surface area (Å²) in [5.74, 6) is 1.56. The van der Waals surface area contributed by atoms with Crippen LogP contribution in [-0.4, -0.2) is 52.2 Å². The van der Waals surface area contributed by atoms with Crippen LogP contribution in [0.25, 0.3) is 33.5 Å². The summed E-state index contributed by atoms with van der Waals surface area (Å²) in [6, 6.07) is 3.99. The van der Waals surface area contributed by atoms with Crippen molar-refractivity contribution in [3.8, 4) is 22.6 Å². The summed E-state index contributed by atoms with van der Waals surface area (Å²) < 4.78 is 30.1. The van der Waals surface area contributed by atoms with Crippen LogP contribution in [0.2, 0.25) is 0 Å². The molecule has 5 aromatic heterocycles. The average molecular weight is 518 g/mol. The van der Waals surface area contributed by atoms with E-state index in [2.05, 4.69) is 62.0 Å². The normalized spacial score (nSPS) is 14.1. The van der Waals surface area contributed by atoms with Gasteiger partial charge in [0.15, 0.2) is 5.82 Å². The molecule has 0 atom stereocenters. The van der Waals surface area contributed by atoms with Gasteiger partial charge in [-0.25, -0.2) is 23.4 Å².